The first-order chi connectivity index (χ1) is 9.56. The van der Waals surface area contributed by atoms with Crippen LogP contribution in [0.2, 0.25) is 5.02 Å². The third kappa shape index (κ3) is 3.13. The van der Waals surface area contributed by atoms with Gasteiger partial charge < -0.3 is 14.5 Å². The second-order valence-corrected chi connectivity index (χ2v) is 5.54. The predicted octanol–water partition coefficient (Wildman–Crippen LogP) is 2.62. The van der Waals surface area contributed by atoms with E-state index in [1.54, 1.807) is 13.2 Å². The lowest BCUT2D eigenvalue weighted by atomic mass is 10.1. The van der Waals surface area contributed by atoms with Crippen LogP contribution in [0.5, 0.6) is 5.75 Å². The quantitative estimate of drug-likeness (QED) is 0.804. The molecule has 1 fully saturated rings. The van der Waals surface area contributed by atoms with Crippen molar-refractivity contribution in [2.75, 3.05) is 37.5 Å². The molecule has 0 bridgehead atoms. The van der Waals surface area contributed by atoms with Gasteiger partial charge in [-0.05, 0) is 19.1 Å². The number of ether oxygens (including phenoxy) is 1. The molecule has 0 aromatic heterocycles. The molecule has 1 atom stereocenters. The molecule has 1 amide bonds. The fraction of sp³-hybridized carbons (Fsp3) is 0.500. The third-order valence-electron chi connectivity index (χ3n) is 3.54. The molecule has 110 valence electrons. The molecule has 6 heteroatoms. The van der Waals surface area contributed by atoms with Crippen LogP contribution in [0.4, 0.5) is 5.69 Å². The van der Waals surface area contributed by atoms with Crippen LogP contribution in [0, 0.1) is 0 Å². The molecule has 20 heavy (non-hydrogen) atoms. The highest BCUT2D eigenvalue weighted by Crippen LogP contribution is 2.32. The Labute approximate surface area is 129 Å². The Hall–Kier alpha value is -1.13. The van der Waals surface area contributed by atoms with Gasteiger partial charge in [-0.1, -0.05) is 11.6 Å². The number of carbonyl (C=O) groups excluding carboxylic acids is 1. The van der Waals surface area contributed by atoms with Crippen LogP contribution in [0.15, 0.2) is 18.2 Å². The van der Waals surface area contributed by atoms with Crippen molar-refractivity contribution in [2.24, 2.45) is 0 Å². The Morgan fingerprint density at radius 1 is 1.45 bits per heavy atom. The van der Waals surface area contributed by atoms with Gasteiger partial charge in [0.1, 0.15) is 11.6 Å². The maximum atomic E-state index is 11.7. The number of nitrogens with zero attached hydrogens (tertiary/aromatic N) is 2. The number of benzene rings is 1. The Morgan fingerprint density at radius 3 is 2.80 bits per heavy atom. The van der Waals surface area contributed by atoms with E-state index in [1.807, 2.05) is 24.0 Å². The first-order valence-corrected chi connectivity index (χ1v) is 7.42. The average molecular weight is 317 g/mol. The smallest absolute Gasteiger partial charge is 0.237 e. The Bertz CT molecular complexity index is 496. The first-order valence-electron chi connectivity index (χ1n) is 6.50. The molecule has 2 rings (SSSR count). The summed E-state index contributed by atoms with van der Waals surface area (Å²) in [5.74, 6) is 0.776. The molecule has 0 radical (unpaired) electrons. The van der Waals surface area contributed by atoms with Crippen LogP contribution >= 0.6 is 23.2 Å². The van der Waals surface area contributed by atoms with Crippen LogP contribution in [0.3, 0.4) is 0 Å². The van der Waals surface area contributed by atoms with Crippen molar-refractivity contribution in [3.8, 4) is 5.75 Å². The second kappa shape index (κ2) is 6.55. The number of amides is 1. The lowest BCUT2D eigenvalue weighted by Crippen LogP contribution is -2.54. The van der Waals surface area contributed by atoms with Crippen molar-refractivity contribution in [2.45, 2.75) is 13.0 Å². The zero-order valence-electron chi connectivity index (χ0n) is 11.6. The van der Waals surface area contributed by atoms with E-state index in [2.05, 4.69) is 4.90 Å². The van der Waals surface area contributed by atoms with Gasteiger partial charge in [0.05, 0.1) is 12.8 Å². The highest BCUT2D eigenvalue weighted by atomic mass is 35.5. The number of halogens is 2. The van der Waals surface area contributed by atoms with E-state index in [0.29, 0.717) is 11.6 Å². The van der Waals surface area contributed by atoms with Gasteiger partial charge in [0.15, 0.2) is 0 Å². The summed E-state index contributed by atoms with van der Waals surface area (Å²) in [6.07, 6.45) is 0. The molecular weight excluding hydrogens is 299 g/mol. The van der Waals surface area contributed by atoms with Crippen molar-refractivity contribution in [1.29, 1.82) is 0 Å². The molecule has 1 aromatic rings. The SMILES string of the molecule is COc1cc(Cl)ccc1N1CCN(C(=O)CCl)[C@@H](C)C1. The molecule has 0 saturated carbocycles. The number of anilines is 1. The average Bonchev–Trinajstić information content (AvgIpc) is 2.46. The zero-order chi connectivity index (χ0) is 14.7. The van der Waals surface area contributed by atoms with E-state index in [9.17, 15) is 4.79 Å². The van der Waals surface area contributed by atoms with E-state index in [-0.39, 0.29) is 17.8 Å². The molecular formula is C14H18Cl2N2O2. The maximum absolute atomic E-state index is 11.7. The minimum absolute atomic E-state index is 0.0121. The fourth-order valence-corrected chi connectivity index (χ4v) is 2.85. The maximum Gasteiger partial charge on any atom is 0.237 e. The zero-order valence-corrected chi connectivity index (χ0v) is 13.1. The number of alkyl halides is 1. The van der Waals surface area contributed by atoms with Crippen LogP contribution in [0.1, 0.15) is 6.92 Å². The van der Waals surface area contributed by atoms with Gasteiger partial charge in [-0.2, -0.15) is 0 Å². The van der Waals surface area contributed by atoms with Crippen LogP contribution in [0.25, 0.3) is 0 Å². The molecule has 0 unspecified atom stereocenters. The highest BCUT2D eigenvalue weighted by Gasteiger charge is 2.28. The van der Waals surface area contributed by atoms with Crippen LogP contribution in [-0.4, -0.2) is 49.5 Å². The van der Waals surface area contributed by atoms with E-state index < -0.39 is 0 Å². The van der Waals surface area contributed by atoms with Gasteiger partial charge in [0.25, 0.3) is 0 Å². The monoisotopic (exact) mass is 316 g/mol. The van der Waals surface area contributed by atoms with E-state index in [0.717, 1.165) is 24.5 Å². The topological polar surface area (TPSA) is 32.8 Å². The molecule has 4 nitrogen and oxygen atoms in total. The number of methoxy groups -OCH3 is 1. The van der Waals surface area contributed by atoms with E-state index >= 15 is 0 Å². The molecule has 0 aliphatic carbocycles. The van der Waals surface area contributed by atoms with E-state index in [1.165, 1.54) is 0 Å². The largest absolute Gasteiger partial charge is 0.495 e. The van der Waals surface area contributed by atoms with Crippen LogP contribution < -0.4 is 9.64 Å². The molecule has 1 aliphatic rings. The minimum Gasteiger partial charge on any atom is -0.495 e. The number of piperazine rings is 1. The Balaban J connectivity index is 2.15. The lowest BCUT2D eigenvalue weighted by Gasteiger charge is -2.41. The van der Waals surface area contributed by atoms with Crippen LogP contribution in [-0.2, 0) is 4.79 Å². The first kappa shape index (κ1) is 15.3. The highest BCUT2D eigenvalue weighted by molar-refractivity contribution is 6.30. The van der Waals surface area contributed by atoms with Crippen molar-refractivity contribution < 1.29 is 9.53 Å². The summed E-state index contributed by atoms with van der Waals surface area (Å²) in [6, 6.07) is 5.72. The third-order valence-corrected chi connectivity index (χ3v) is 4.01. The number of rotatable bonds is 3. The van der Waals surface area contributed by atoms with Gasteiger partial charge in [0, 0.05) is 36.8 Å². The summed E-state index contributed by atoms with van der Waals surface area (Å²) < 4.78 is 5.38. The molecule has 1 saturated heterocycles. The number of hydrogen-bond acceptors (Lipinski definition) is 3. The molecule has 1 heterocycles. The summed E-state index contributed by atoms with van der Waals surface area (Å²) >= 11 is 11.6. The minimum atomic E-state index is -0.0121. The summed E-state index contributed by atoms with van der Waals surface area (Å²) in [4.78, 5) is 15.8. The molecule has 0 spiro atoms. The number of hydrogen-bond donors (Lipinski definition) is 0. The summed E-state index contributed by atoms with van der Waals surface area (Å²) in [5, 5.41) is 0.648. The Morgan fingerprint density at radius 2 is 2.20 bits per heavy atom. The van der Waals surface area contributed by atoms with Crippen molar-refractivity contribution in [1.82, 2.24) is 4.90 Å². The number of carbonyl (C=O) groups is 1. The van der Waals surface area contributed by atoms with Crippen molar-refractivity contribution >= 4 is 34.8 Å². The van der Waals surface area contributed by atoms with Crippen molar-refractivity contribution in [3.05, 3.63) is 23.2 Å². The normalized spacial score (nSPS) is 19.1. The lowest BCUT2D eigenvalue weighted by molar-refractivity contribution is -0.130. The van der Waals surface area contributed by atoms with Crippen molar-refractivity contribution in [3.63, 3.8) is 0 Å². The fourth-order valence-electron chi connectivity index (χ4n) is 2.54. The Kier molecular flexibility index (Phi) is 5.00. The van der Waals surface area contributed by atoms with E-state index in [4.69, 9.17) is 27.9 Å². The summed E-state index contributed by atoms with van der Waals surface area (Å²) in [5.41, 5.74) is 1.00. The summed E-state index contributed by atoms with van der Waals surface area (Å²) in [6.45, 7) is 4.20. The molecule has 0 N–H and O–H groups in total. The molecule has 1 aromatic carbocycles. The molecule has 1 aliphatic heterocycles. The summed E-state index contributed by atoms with van der Waals surface area (Å²) in [7, 11) is 1.63. The second-order valence-electron chi connectivity index (χ2n) is 4.83. The van der Waals surface area contributed by atoms with Gasteiger partial charge >= 0.3 is 0 Å². The predicted molar refractivity (Wildman–Crippen MR) is 82.1 cm³/mol. The van der Waals surface area contributed by atoms with Gasteiger partial charge in [0.2, 0.25) is 5.91 Å². The van der Waals surface area contributed by atoms with Gasteiger partial charge in [-0.15, -0.1) is 11.6 Å². The van der Waals surface area contributed by atoms with Gasteiger partial charge in [-0.25, -0.2) is 0 Å². The van der Waals surface area contributed by atoms with Gasteiger partial charge in [-0.3, -0.25) is 4.79 Å². The standard InChI is InChI=1S/C14H18Cl2N2O2/c1-10-9-17(5-6-18(10)14(19)8-15)12-4-3-11(16)7-13(12)20-2/h3-4,7,10H,5-6,8-9H2,1-2H3/t10-/m0/s1.